The van der Waals surface area contributed by atoms with Crippen molar-refractivity contribution >= 4 is 5.97 Å². The summed E-state index contributed by atoms with van der Waals surface area (Å²) in [5, 5.41) is 196. The van der Waals surface area contributed by atoms with E-state index in [-0.39, 0.29) is 34.0 Å². The lowest BCUT2D eigenvalue weighted by atomic mass is 9.33. The SMILES string of the molecule is C[C@@H]1O[C@@H](O[C@H]2[C@H](OC(=O)[C@]34CCC(C)(C)C[C@@H]3C3=CC[C@@H]5[C@@]6(C)CC[C@H](O[C@@H]7O[C@H](CO[C@@H]8OC[C@H](O)[C@H](O)[C@H]8O[C@@H]8OC[C@@H](O)[C@H](O)[C@H]8O)[C@@H](O)[C@H](O)[C@H]7O)C(C)(C)[C@H]6CC[C@@]5(C)[C@]3(C)CC4)O[C@H](CO)[C@@H](O)[C@@H]2O)[C@H](O)[C@H](O)[C@H]1O[C@@H]1OC[C@@H](O)[C@H](O[C@@H]2OC[C@@H](O)[C@H](O)[C@H]2O)[C@H]1O. The Morgan fingerprint density at radius 1 is 0.465 bits per heavy atom. The monoisotopic (exact) mass is 1450 g/mol. The molecule has 7 heterocycles. The molecule has 0 unspecified atom stereocenters. The second-order valence-electron chi connectivity index (χ2n) is 32.9. The van der Waals surface area contributed by atoms with Gasteiger partial charge in [0.25, 0.3) is 0 Å². The van der Waals surface area contributed by atoms with Crippen molar-refractivity contribution in [3.63, 3.8) is 0 Å². The Kier molecular flexibility index (Phi) is 23.1. The van der Waals surface area contributed by atoms with Crippen molar-refractivity contribution in [3.8, 4) is 0 Å². The summed E-state index contributed by atoms with van der Waals surface area (Å²) in [6.45, 7) is 14.1. The molecular formula is C68H110O33. The van der Waals surface area contributed by atoms with Crippen molar-refractivity contribution in [3.05, 3.63) is 11.6 Å². The van der Waals surface area contributed by atoms with E-state index in [9.17, 15) is 91.9 Å². The second kappa shape index (κ2) is 29.8. The summed E-state index contributed by atoms with van der Waals surface area (Å²) < 4.78 is 83.0. The first kappa shape index (κ1) is 78.5. The minimum Gasteiger partial charge on any atom is -0.432 e. The van der Waals surface area contributed by atoms with Gasteiger partial charge in [-0.15, -0.1) is 0 Å². The topological polar surface area (TPSA) is 510 Å². The average molecular weight is 1460 g/mol. The molecule has 0 aromatic carbocycles. The van der Waals surface area contributed by atoms with Crippen LogP contribution in [0.15, 0.2) is 11.6 Å². The Balaban J connectivity index is 0.717. The number of rotatable bonds is 16. The fourth-order valence-electron chi connectivity index (χ4n) is 19.7. The number of aliphatic hydroxyl groups is 18. The van der Waals surface area contributed by atoms with Crippen LogP contribution in [0.1, 0.15) is 120 Å². The summed E-state index contributed by atoms with van der Waals surface area (Å²) in [4.78, 5) is 15.7. The van der Waals surface area contributed by atoms with Crippen LogP contribution >= 0.6 is 0 Å². The number of carbonyl (C=O) groups excluding carboxylic acids is 1. The zero-order chi connectivity index (χ0) is 73.3. The molecule has 4 saturated carbocycles. The molecule has 12 rings (SSSR count). The average Bonchev–Trinajstić information content (AvgIpc) is 0.675. The molecular weight excluding hydrogens is 1340 g/mol. The van der Waals surface area contributed by atoms with Gasteiger partial charge in [-0.2, -0.15) is 0 Å². The van der Waals surface area contributed by atoms with Crippen LogP contribution in [0, 0.1) is 50.2 Å². The summed E-state index contributed by atoms with van der Waals surface area (Å²) in [5.74, 6) is -0.766. The van der Waals surface area contributed by atoms with E-state index in [0.717, 1.165) is 12.8 Å². The number of carbonyl (C=O) groups is 1. The first-order valence-corrected chi connectivity index (χ1v) is 35.8. The third kappa shape index (κ3) is 14.0. The van der Waals surface area contributed by atoms with Crippen molar-refractivity contribution in [2.24, 2.45) is 50.2 Å². The van der Waals surface area contributed by atoms with Gasteiger partial charge >= 0.3 is 5.97 Å². The van der Waals surface area contributed by atoms with Gasteiger partial charge in [-0.3, -0.25) is 4.79 Å². The van der Waals surface area contributed by atoms with Crippen LogP contribution in [0.4, 0.5) is 0 Å². The third-order valence-electron chi connectivity index (χ3n) is 26.1. The predicted octanol–water partition coefficient (Wildman–Crippen LogP) is -4.98. The number of hydrogen-bond acceptors (Lipinski definition) is 33. The molecule has 11 fully saturated rings. The molecule has 7 aliphatic heterocycles. The standard InChI is InChI=1S/C68H110O33/c1-26-51(97-57-50(86)52(32(73)24-90-57)98-55-46(82)38(74)29(70)21-88-55)45(81)49(85)58(93-26)100-54-44(80)41(77)33(20-69)94-61(54)101-62(87)68-17-15-63(2,3)19-28(68)27-9-10-36-65(6)13-12-37(64(4,5)35(65)11-14-67(36,8)66(27,7)16-18-68)96-59-48(84)43(79)42(78)34(95-59)25-92-60-53(40(76)31(72)23-91-60)99-56-47(83)39(75)30(71)22-89-56/h9,26,28-61,69-86H,10-25H2,1-8H3/t26-,28+,29+,30+,31-,32+,33+,34+,35+,36+,37-,38-,39-,40-,41+,42+,43-,44-,45-,46+,47+,48+,49+,50+,51-,52-,53+,54+,55-,56-,57-,58-,59-,60-,61-,65-,66+,67+,68-/m0/s1. The molecule has 33 heteroatoms. The highest BCUT2D eigenvalue weighted by atomic mass is 16.8. The molecule has 39 atom stereocenters. The fourth-order valence-corrected chi connectivity index (χ4v) is 19.7. The Bertz CT molecular complexity index is 2860. The molecule has 33 nitrogen and oxygen atoms in total. The normalized spacial score (nSPS) is 54.4. The number of aliphatic hydroxyl groups excluding tert-OH is 18. The van der Waals surface area contributed by atoms with E-state index in [1.54, 1.807) is 0 Å². The van der Waals surface area contributed by atoms with Crippen LogP contribution in [0.3, 0.4) is 0 Å². The highest BCUT2D eigenvalue weighted by Crippen LogP contribution is 2.76. The van der Waals surface area contributed by atoms with Gasteiger partial charge < -0.3 is 158 Å². The number of hydrogen-bond donors (Lipinski definition) is 18. The molecule has 0 aromatic heterocycles. The van der Waals surface area contributed by atoms with Crippen LogP contribution in [0.2, 0.25) is 0 Å². The quantitative estimate of drug-likeness (QED) is 0.0391. The first-order valence-electron chi connectivity index (χ1n) is 35.8. The molecule has 12 aliphatic rings. The summed E-state index contributed by atoms with van der Waals surface area (Å²) in [5.41, 5.74) is -1.73. The van der Waals surface area contributed by atoms with Crippen molar-refractivity contribution in [1.29, 1.82) is 0 Å². The Morgan fingerprint density at radius 3 is 1.61 bits per heavy atom. The summed E-state index contributed by atoms with van der Waals surface area (Å²) in [7, 11) is 0. The largest absolute Gasteiger partial charge is 0.432 e. The number of ether oxygens (including phenoxy) is 14. The van der Waals surface area contributed by atoms with Crippen LogP contribution in [-0.2, 0) is 71.1 Å². The number of esters is 1. The Labute approximate surface area is 584 Å². The minimum absolute atomic E-state index is 0.0682. The number of allylic oxidation sites excluding steroid dienone is 2. The van der Waals surface area contributed by atoms with Gasteiger partial charge in [0.1, 0.15) is 134 Å². The lowest BCUT2D eigenvalue weighted by molar-refractivity contribution is -0.379. The van der Waals surface area contributed by atoms with E-state index in [0.29, 0.717) is 51.4 Å². The van der Waals surface area contributed by atoms with Gasteiger partial charge in [0, 0.05) is 0 Å². The summed E-state index contributed by atoms with van der Waals surface area (Å²) in [6.07, 6.45) is -42.6. The lowest BCUT2D eigenvalue weighted by Gasteiger charge is -2.71. The van der Waals surface area contributed by atoms with E-state index in [1.165, 1.54) is 12.5 Å². The van der Waals surface area contributed by atoms with E-state index in [2.05, 4.69) is 54.5 Å². The van der Waals surface area contributed by atoms with Gasteiger partial charge in [0.2, 0.25) is 6.29 Å². The Morgan fingerprint density at radius 2 is 0.970 bits per heavy atom. The maximum atomic E-state index is 15.7. The van der Waals surface area contributed by atoms with Crippen molar-refractivity contribution in [1.82, 2.24) is 0 Å². The highest BCUT2D eigenvalue weighted by Gasteiger charge is 2.71. The zero-order valence-corrected chi connectivity index (χ0v) is 58.3. The molecule has 18 N–H and O–H groups in total. The van der Waals surface area contributed by atoms with E-state index in [1.807, 2.05) is 0 Å². The van der Waals surface area contributed by atoms with Gasteiger partial charge in [-0.05, 0) is 116 Å². The molecule has 0 spiro atoms. The highest BCUT2D eigenvalue weighted by molar-refractivity contribution is 5.79. The van der Waals surface area contributed by atoms with Gasteiger partial charge in [-0.1, -0.05) is 60.1 Å². The van der Waals surface area contributed by atoms with Gasteiger partial charge in [-0.25, -0.2) is 0 Å². The molecule has 5 aliphatic carbocycles. The lowest BCUT2D eigenvalue weighted by Crippen LogP contribution is -2.67. The van der Waals surface area contributed by atoms with Crippen LogP contribution < -0.4 is 0 Å². The van der Waals surface area contributed by atoms with Crippen LogP contribution in [0.25, 0.3) is 0 Å². The number of fused-ring (bicyclic) bond motifs is 7. The van der Waals surface area contributed by atoms with Crippen LogP contribution in [-0.4, -0.2) is 334 Å². The summed E-state index contributed by atoms with van der Waals surface area (Å²) in [6, 6.07) is 0. The predicted molar refractivity (Wildman–Crippen MR) is 335 cm³/mol. The molecule has 0 amide bonds. The first-order chi connectivity index (χ1) is 47.4. The third-order valence-corrected chi connectivity index (χ3v) is 26.1. The van der Waals surface area contributed by atoms with Crippen molar-refractivity contribution < 1.29 is 163 Å². The van der Waals surface area contributed by atoms with Gasteiger partial charge in [0.15, 0.2) is 43.8 Å². The summed E-state index contributed by atoms with van der Waals surface area (Å²) >= 11 is 0. The fraction of sp³-hybridized carbons (Fsp3) is 0.956. The minimum atomic E-state index is -2.00. The van der Waals surface area contributed by atoms with Crippen molar-refractivity contribution in [2.45, 2.75) is 316 Å². The van der Waals surface area contributed by atoms with Crippen molar-refractivity contribution in [2.75, 3.05) is 39.6 Å². The molecule has 0 bridgehead atoms. The molecule has 0 radical (unpaired) electrons. The second-order valence-corrected chi connectivity index (χ2v) is 32.9. The zero-order valence-electron chi connectivity index (χ0n) is 58.3. The Hall–Kier alpha value is -2.03. The maximum Gasteiger partial charge on any atom is 0.315 e. The van der Waals surface area contributed by atoms with Crippen LogP contribution in [0.5, 0.6) is 0 Å². The molecule has 580 valence electrons. The molecule has 0 aromatic rings. The van der Waals surface area contributed by atoms with E-state index >= 15 is 4.79 Å². The van der Waals surface area contributed by atoms with Gasteiger partial charge in [0.05, 0.1) is 57.3 Å². The van der Waals surface area contributed by atoms with E-state index in [4.69, 9.17) is 66.3 Å². The molecule has 7 saturated heterocycles. The maximum absolute atomic E-state index is 15.7. The van der Waals surface area contributed by atoms with E-state index < -0.39 is 258 Å². The molecule has 101 heavy (non-hydrogen) atoms. The smallest absolute Gasteiger partial charge is 0.315 e.